The first-order chi connectivity index (χ1) is 29.6. The Hall–Kier alpha value is -5.74. The van der Waals surface area contributed by atoms with E-state index in [1.165, 1.54) is 0 Å². The number of rotatable bonds is 10. The fraction of sp³-hybridized carbons (Fsp3) is 0.511. The second kappa shape index (κ2) is 15.9. The van der Waals surface area contributed by atoms with Gasteiger partial charge in [0.15, 0.2) is 0 Å². The summed E-state index contributed by atoms with van der Waals surface area (Å²) in [5.41, 5.74) is 4.09. The number of hydrogen-bond donors (Lipinski definition) is 2. The van der Waals surface area contributed by atoms with Gasteiger partial charge in [-0.2, -0.15) is 5.10 Å². The van der Waals surface area contributed by atoms with E-state index in [0.29, 0.717) is 54.2 Å². The van der Waals surface area contributed by atoms with Gasteiger partial charge in [0.25, 0.3) is 5.91 Å². The van der Waals surface area contributed by atoms with Gasteiger partial charge in [0.1, 0.15) is 23.3 Å². The summed E-state index contributed by atoms with van der Waals surface area (Å²) in [6, 6.07) is 15.8. The molecular formula is C45H54N10O6. The number of nitrogens with zero attached hydrogens (tertiary/aromatic N) is 8. The summed E-state index contributed by atoms with van der Waals surface area (Å²) in [6.07, 6.45) is 10.3. The first-order valence-electron chi connectivity index (χ1n) is 21.8. The normalized spacial score (nSPS) is 24.6. The number of piperidine rings is 2. The number of ether oxygens (including phenoxy) is 2. The van der Waals surface area contributed by atoms with Crippen molar-refractivity contribution in [2.75, 3.05) is 62.1 Å². The molecule has 4 aliphatic heterocycles. The van der Waals surface area contributed by atoms with Crippen LogP contribution in [-0.2, 0) is 21.4 Å². The molecule has 16 nitrogen and oxygen atoms in total. The maximum Gasteiger partial charge on any atom is 0.329 e. The van der Waals surface area contributed by atoms with Crippen molar-refractivity contribution in [2.24, 2.45) is 13.0 Å². The molecule has 3 atom stereocenters. The highest BCUT2D eigenvalue weighted by Gasteiger charge is 2.40. The zero-order valence-electron chi connectivity index (χ0n) is 35.1. The maximum atomic E-state index is 13.5. The van der Waals surface area contributed by atoms with Gasteiger partial charge in [-0.25, -0.2) is 9.78 Å². The molecule has 1 aliphatic carbocycles. The summed E-state index contributed by atoms with van der Waals surface area (Å²) in [5.74, 6) is 0.974. The Morgan fingerprint density at radius 1 is 1.00 bits per heavy atom. The number of hydrogen-bond acceptors (Lipinski definition) is 11. The molecule has 5 aromatic rings. The van der Waals surface area contributed by atoms with Crippen LogP contribution in [-0.4, -0.2) is 112 Å². The van der Waals surface area contributed by atoms with E-state index >= 15 is 0 Å². The fourth-order valence-electron chi connectivity index (χ4n) is 10.7. The first-order valence-corrected chi connectivity index (χ1v) is 21.8. The fourth-order valence-corrected chi connectivity index (χ4v) is 10.7. The van der Waals surface area contributed by atoms with Gasteiger partial charge in [-0.15, -0.1) is 0 Å². The molecule has 1 saturated carbocycles. The molecule has 10 rings (SSSR count). The third-order valence-corrected chi connectivity index (χ3v) is 14.0. The number of carbonyl (C=O) groups excluding carboxylic acids is 3. The largest absolute Gasteiger partial charge is 0.494 e. The van der Waals surface area contributed by atoms with Gasteiger partial charge in [-0.05, 0) is 94.7 Å². The number of aryl methyl sites for hydroxylation is 1. The van der Waals surface area contributed by atoms with Crippen LogP contribution in [0.3, 0.4) is 0 Å². The molecule has 16 heteroatoms. The van der Waals surface area contributed by atoms with Crippen LogP contribution in [0.4, 0.5) is 17.2 Å². The third-order valence-electron chi connectivity index (χ3n) is 14.0. The Bertz CT molecular complexity index is 2570. The molecule has 320 valence electrons. The highest BCUT2D eigenvalue weighted by atomic mass is 16.5. The molecule has 0 spiro atoms. The van der Waals surface area contributed by atoms with Crippen LogP contribution in [0, 0.1) is 5.92 Å². The number of carbonyl (C=O) groups is 3. The molecule has 0 radical (unpaired) electrons. The van der Waals surface area contributed by atoms with Crippen molar-refractivity contribution >= 4 is 56.9 Å². The van der Waals surface area contributed by atoms with E-state index in [2.05, 4.69) is 49.3 Å². The van der Waals surface area contributed by atoms with Crippen LogP contribution in [0.1, 0.15) is 80.4 Å². The Balaban J connectivity index is 0.741. The van der Waals surface area contributed by atoms with Crippen molar-refractivity contribution in [2.45, 2.75) is 88.1 Å². The van der Waals surface area contributed by atoms with Crippen LogP contribution in [0.5, 0.6) is 5.75 Å². The summed E-state index contributed by atoms with van der Waals surface area (Å²) >= 11 is 0. The van der Waals surface area contributed by atoms with Crippen LogP contribution in [0.15, 0.2) is 59.5 Å². The Morgan fingerprint density at radius 3 is 2.54 bits per heavy atom. The Kier molecular flexibility index (Phi) is 10.3. The van der Waals surface area contributed by atoms with E-state index in [-0.39, 0.29) is 30.0 Å². The zero-order valence-corrected chi connectivity index (χ0v) is 35.1. The molecule has 5 aliphatic rings. The first kappa shape index (κ1) is 39.4. The second-order valence-electron chi connectivity index (χ2n) is 17.7. The lowest BCUT2D eigenvalue weighted by Gasteiger charge is -2.40. The predicted molar refractivity (Wildman–Crippen MR) is 231 cm³/mol. The number of para-hydroxylation sites is 1. The molecule has 7 heterocycles. The summed E-state index contributed by atoms with van der Waals surface area (Å²) in [7, 11) is 5.64. The van der Waals surface area contributed by atoms with Gasteiger partial charge in [0.05, 0.1) is 59.8 Å². The lowest BCUT2D eigenvalue weighted by Crippen LogP contribution is -2.45. The molecule has 2 aromatic carbocycles. The van der Waals surface area contributed by atoms with Crippen LogP contribution in [0.25, 0.3) is 21.9 Å². The van der Waals surface area contributed by atoms with E-state index in [1.54, 1.807) is 29.4 Å². The third kappa shape index (κ3) is 7.32. The molecule has 1 unspecified atom stereocenters. The number of morpholine rings is 1. The average molecular weight is 831 g/mol. The number of pyridine rings is 1. The van der Waals surface area contributed by atoms with Crippen molar-refractivity contribution in [1.82, 2.24) is 34.1 Å². The standard InChI is InChI=1S/C45H54N10O6/c1-50(29-16-18-52(19-17-29)36-7-5-8-37-42(36)51(2)45(59)55(37)38-14-15-41(56)48-44(38)58)23-27-10-12-30(13-11-27)54-24-28-20-35(39(60-3)22-34(28)49-54)47-43(57)33-6-4-9-40(46-33)53-25-32-21-31(53)26-61-32/h4-9,20,22,24,27,29-32,38H,10-19,21,23,25-26H2,1-3H3,(H,47,57)(H,48,56,58)/t27-,30-,31-,32-,38?/m0/s1. The minimum atomic E-state index is -0.699. The minimum Gasteiger partial charge on any atom is -0.494 e. The topological polar surface area (TPSA) is 161 Å². The SMILES string of the molecule is COc1cc2nn([C@H]3CC[C@H](CN(C)C4CCN(c5cccc6c5n(C)c(=O)n6C5CCC(=O)NC5=O)CC4)CC3)cc2cc1NC(=O)c1cccc(N2C[C@@H]3C[C@H]2CO3)n1. The molecule has 2 bridgehead atoms. The molecule has 61 heavy (non-hydrogen) atoms. The van der Waals surface area contributed by atoms with Gasteiger partial charge < -0.3 is 29.5 Å². The van der Waals surface area contributed by atoms with Crippen molar-refractivity contribution < 1.29 is 23.9 Å². The van der Waals surface area contributed by atoms with E-state index in [1.807, 2.05) is 36.4 Å². The average Bonchev–Trinajstić information content (AvgIpc) is 4.08. The lowest BCUT2D eigenvalue weighted by atomic mass is 9.85. The molecule has 2 N–H and O–H groups in total. The van der Waals surface area contributed by atoms with Gasteiger partial charge in [-0.3, -0.25) is 33.5 Å². The van der Waals surface area contributed by atoms with Gasteiger partial charge >= 0.3 is 5.69 Å². The highest BCUT2D eigenvalue weighted by molar-refractivity contribution is 6.05. The molecule has 4 saturated heterocycles. The van der Waals surface area contributed by atoms with Gasteiger partial charge in [-0.1, -0.05) is 12.1 Å². The van der Waals surface area contributed by atoms with Crippen LogP contribution < -0.4 is 30.9 Å². The second-order valence-corrected chi connectivity index (χ2v) is 17.7. The summed E-state index contributed by atoms with van der Waals surface area (Å²) in [6.45, 7) is 4.32. The van der Waals surface area contributed by atoms with Crippen LogP contribution >= 0.6 is 0 Å². The number of anilines is 3. The number of methoxy groups -OCH3 is 1. The van der Waals surface area contributed by atoms with Gasteiger partial charge in [0, 0.05) is 63.3 Å². The summed E-state index contributed by atoms with van der Waals surface area (Å²) < 4.78 is 16.8. The summed E-state index contributed by atoms with van der Waals surface area (Å²) in [5, 5.41) is 11.4. The monoisotopic (exact) mass is 830 g/mol. The Labute approximate surface area is 353 Å². The van der Waals surface area contributed by atoms with Crippen LogP contribution in [0.2, 0.25) is 0 Å². The van der Waals surface area contributed by atoms with Crippen molar-refractivity contribution in [3.05, 3.63) is 70.9 Å². The highest BCUT2D eigenvalue weighted by Crippen LogP contribution is 2.37. The number of aromatic nitrogens is 5. The number of fused-ring (bicyclic) bond motifs is 4. The molecule has 5 fully saturated rings. The molecule has 3 amide bonds. The maximum absolute atomic E-state index is 13.5. The lowest BCUT2D eigenvalue weighted by molar-refractivity contribution is -0.135. The van der Waals surface area contributed by atoms with Crippen molar-refractivity contribution in [1.29, 1.82) is 0 Å². The van der Waals surface area contributed by atoms with Crippen molar-refractivity contribution in [3.63, 3.8) is 0 Å². The molecular weight excluding hydrogens is 777 g/mol. The number of amides is 3. The number of benzene rings is 2. The zero-order chi connectivity index (χ0) is 41.9. The predicted octanol–water partition coefficient (Wildman–Crippen LogP) is 4.63. The Morgan fingerprint density at radius 2 is 1.80 bits per heavy atom. The van der Waals surface area contributed by atoms with Crippen molar-refractivity contribution in [3.8, 4) is 5.75 Å². The van der Waals surface area contributed by atoms with E-state index < -0.39 is 11.9 Å². The quantitative estimate of drug-likeness (QED) is 0.189. The summed E-state index contributed by atoms with van der Waals surface area (Å²) in [4.78, 5) is 63.4. The number of imide groups is 1. The number of nitrogens with one attached hydrogen (secondary N) is 2. The minimum absolute atomic E-state index is 0.218. The smallest absolute Gasteiger partial charge is 0.329 e. The van der Waals surface area contributed by atoms with E-state index in [9.17, 15) is 19.2 Å². The molecule has 3 aromatic heterocycles. The van der Waals surface area contributed by atoms with E-state index in [4.69, 9.17) is 19.6 Å². The number of imidazole rings is 1. The van der Waals surface area contributed by atoms with E-state index in [0.717, 1.165) is 105 Å². The van der Waals surface area contributed by atoms with Gasteiger partial charge in [0.2, 0.25) is 11.8 Å².